The Morgan fingerprint density at radius 1 is 0.967 bits per heavy atom. The molecule has 5 rings (SSSR count). The fourth-order valence-corrected chi connectivity index (χ4v) is 4.37. The number of piperidine rings is 1. The minimum atomic E-state index is -0.252. The van der Waals surface area contributed by atoms with Crippen LogP contribution in [0.15, 0.2) is 48.7 Å². The van der Waals surface area contributed by atoms with E-state index in [4.69, 9.17) is 0 Å². The van der Waals surface area contributed by atoms with Crippen LogP contribution in [0.25, 0.3) is 10.9 Å². The molecule has 3 heterocycles. The van der Waals surface area contributed by atoms with Gasteiger partial charge in [-0.2, -0.15) is 5.10 Å². The molecule has 3 aromatic rings. The Kier molecular flexibility index (Phi) is 5.58. The molecule has 2 aliphatic rings. The first-order valence-electron chi connectivity index (χ1n) is 9.92. The summed E-state index contributed by atoms with van der Waals surface area (Å²) in [4.78, 5) is 28.6. The predicted molar refractivity (Wildman–Crippen MR) is 113 cm³/mol. The Morgan fingerprint density at radius 3 is 2.30 bits per heavy atom. The van der Waals surface area contributed by atoms with Crippen LogP contribution in [0, 0.1) is 5.82 Å². The molecule has 0 bridgehead atoms. The molecule has 6 nitrogen and oxygen atoms in total. The van der Waals surface area contributed by atoms with E-state index in [1.807, 2.05) is 4.68 Å². The van der Waals surface area contributed by atoms with E-state index in [0.29, 0.717) is 24.2 Å². The largest absolute Gasteiger partial charge is 0.301 e. The van der Waals surface area contributed by atoms with E-state index in [0.717, 1.165) is 36.8 Å². The first kappa shape index (κ1) is 20.5. The number of rotatable bonds is 4. The summed E-state index contributed by atoms with van der Waals surface area (Å²) in [5.41, 5.74) is 1.82. The number of hydrogen-bond acceptors (Lipinski definition) is 4. The highest BCUT2D eigenvalue weighted by atomic mass is 35.5. The van der Waals surface area contributed by atoms with Crippen LogP contribution in [0.4, 0.5) is 4.39 Å². The summed E-state index contributed by atoms with van der Waals surface area (Å²) in [6.45, 7) is 2.76. The van der Waals surface area contributed by atoms with Crippen LogP contribution in [0.2, 0.25) is 0 Å². The Hall–Kier alpha value is -2.77. The molecule has 156 valence electrons. The van der Waals surface area contributed by atoms with E-state index in [1.54, 1.807) is 36.5 Å². The van der Waals surface area contributed by atoms with Crippen molar-refractivity contribution in [2.24, 2.45) is 0 Å². The number of carbonyl (C=O) groups is 2. The second kappa shape index (κ2) is 8.16. The lowest BCUT2D eigenvalue weighted by molar-refractivity contribution is 0.0626. The molecule has 1 saturated heterocycles. The zero-order valence-corrected chi connectivity index (χ0v) is 17.1. The zero-order chi connectivity index (χ0) is 20.0. The number of halogens is 2. The first-order chi connectivity index (χ1) is 14.1. The summed E-state index contributed by atoms with van der Waals surface area (Å²) in [5, 5.41) is 5.41. The Labute approximate surface area is 179 Å². The molecule has 0 atom stereocenters. The number of imide groups is 1. The fourth-order valence-electron chi connectivity index (χ4n) is 4.37. The van der Waals surface area contributed by atoms with Crippen molar-refractivity contribution in [3.05, 3.63) is 65.6 Å². The third-order valence-electron chi connectivity index (χ3n) is 5.98. The molecule has 30 heavy (non-hydrogen) atoms. The van der Waals surface area contributed by atoms with E-state index < -0.39 is 0 Å². The van der Waals surface area contributed by atoms with Crippen molar-refractivity contribution in [2.45, 2.75) is 18.9 Å². The smallest absolute Gasteiger partial charge is 0.261 e. The van der Waals surface area contributed by atoms with Crippen LogP contribution >= 0.6 is 12.4 Å². The molecule has 8 heteroatoms. The van der Waals surface area contributed by atoms with Crippen molar-refractivity contribution >= 4 is 35.1 Å². The van der Waals surface area contributed by atoms with Crippen LogP contribution in [0.3, 0.4) is 0 Å². The topological polar surface area (TPSA) is 58.4 Å². The first-order valence-corrected chi connectivity index (χ1v) is 9.92. The lowest BCUT2D eigenvalue weighted by Crippen LogP contribution is -2.41. The maximum Gasteiger partial charge on any atom is 0.261 e. The molecule has 1 aromatic heterocycles. The summed E-state index contributed by atoms with van der Waals surface area (Å²) >= 11 is 0. The normalized spacial score (nSPS) is 17.4. The second-order valence-corrected chi connectivity index (χ2v) is 7.67. The quantitative estimate of drug-likeness (QED) is 0.596. The van der Waals surface area contributed by atoms with E-state index in [-0.39, 0.29) is 36.1 Å². The van der Waals surface area contributed by atoms with Crippen LogP contribution in [0.1, 0.15) is 39.6 Å². The monoisotopic (exact) mass is 428 g/mol. The Balaban J connectivity index is 0.00000218. The molecule has 0 saturated carbocycles. The molecule has 0 N–H and O–H groups in total. The van der Waals surface area contributed by atoms with Gasteiger partial charge in [0.15, 0.2) is 0 Å². The van der Waals surface area contributed by atoms with E-state index in [9.17, 15) is 14.0 Å². The average Bonchev–Trinajstić information content (AvgIpc) is 3.26. The molecule has 2 aromatic carbocycles. The molecule has 1 fully saturated rings. The van der Waals surface area contributed by atoms with Gasteiger partial charge in [0, 0.05) is 31.6 Å². The van der Waals surface area contributed by atoms with Gasteiger partial charge in [-0.1, -0.05) is 12.1 Å². The van der Waals surface area contributed by atoms with Crippen molar-refractivity contribution in [3.63, 3.8) is 0 Å². The van der Waals surface area contributed by atoms with Crippen molar-refractivity contribution in [3.8, 4) is 0 Å². The van der Waals surface area contributed by atoms with Gasteiger partial charge in [0.05, 0.1) is 28.9 Å². The SMILES string of the molecule is Cl.O=C1c2ccccc2C(=O)N1CCN1CCC(n2ncc3ccc(F)cc32)CC1. The molecule has 2 aliphatic heterocycles. The third-order valence-corrected chi connectivity index (χ3v) is 5.98. The number of amides is 2. The van der Waals surface area contributed by atoms with Gasteiger partial charge in [-0.05, 0) is 43.2 Å². The van der Waals surface area contributed by atoms with Crippen molar-refractivity contribution < 1.29 is 14.0 Å². The summed E-state index contributed by atoms with van der Waals surface area (Å²) in [5.74, 6) is -0.659. The Morgan fingerprint density at radius 2 is 1.63 bits per heavy atom. The van der Waals surface area contributed by atoms with Crippen LogP contribution < -0.4 is 0 Å². The minimum absolute atomic E-state index is 0. The van der Waals surface area contributed by atoms with E-state index in [1.165, 1.54) is 17.0 Å². The number of fused-ring (bicyclic) bond motifs is 2. The number of carbonyl (C=O) groups excluding carboxylic acids is 2. The lowest BCUT2D eigenvalue weighted by Gasteiger charge is -2.33. The van der Waals surface area contributed by atoms with Gasteiger partial charge in [0.25, 0.3) is 11.8 Å². The van der Waals surface area contributed by atoms with Gasteiger partial charge < -0.3 is 4.90 Å². The maximum atomic E-state index is 13.6. The maximum absolute atomic E-state index is 13.6. The lowest BCUT2D eigenvalue weighted by atomic mass is 10.0. The zero-order valence-electron chi connectivity index (χ0n) is 16.3. The summed E-state index contributed by atoms with van der Waals surface area (Å²) in [6.07, 6.45) is 3.58. The number of benzene rings is 2. The number of aromatic nitrogens is 2. The Bertz CT molecular complexity index is 1070. The van der Waals surface area contributed by atoms with Gasteiger partial charge in [0.1, 0.15) is 5.82 Å². The van der Waals surface area contributed by atoms with Gasteiger partial charge in [0.2, 0.25) is 0 Å². The fraction of sp³-hybridized carbons (Fsp3) is 0.318. The van der Waals surface area contributed by atoms with Gasteiger partial charge in [-0.3, -0.25) is 19.2 Å². The molecular weight excluding hydrogens is 407 g/mol. The predicted octanol–water partition coefficient (Wildman–Crippen LogP) is 3.53. The van der Waals surface area contributed by atoms with E-state index >= 15 is 0 Å². The van der Waals surface area contributed by atoms with Crippen LogP contribution in [0.5, 0.6) is 0 Å². The minimum Gasteiger partial charge on any atom is -0.301 e. The summed E-state index contributed by atoms with van der Waals surface area (Å²) in [6, 6.07) is 12.0. The second-order valence-electron chi connectivity index (χ2n) is 7.67. The van der Waals surface area contributed by atoms with Crippen LogP contribution in [-0.2, 0) is 0 Å². The third kappa shape index (κ3) is 3.48. The number of hydrogen-bond donors (Lipinski definition) is 0. The van der Waals surface area contributed by atoms with Crippen LogP contribution in [-0.4, -0.2) is 57.6 Å². The molecule has 0 spiro atoms. The standard InChI is InChI=1S/C22H21FN4O2.ClH/c23-16-6-5-15-14-24-27(20(15)13-16)17-7-9-25(10-8-17)11-12-26-21(28)18-3-1-2-4-19(18)22(26)29;/h1-6,13-14,17H,7-12H2;1H. The molecular formula is C22H22ClFN4O2. The molecule has 0 unspecified atom stereocenters. The van der Waals surface area contributed by atoms with Crippen molar-refractivity contribution in [1.29, 1.82) is 0 Å². The summed E-state index contributed by atoms with van der Waals surface area (Å²) < 4.78 is 15.6. The highest BCUT2D eigenvalue weighted by Gasteiger charge is 2.35. The van der Waals surface area contributed by atoms with Gasteiger partial charge >= 0.3 is 0 Å². The highest BCUT2D eigenvalue weighted by molar-refractivity contribution is 6.21. The van der Waals surface area contributed by atoms with Gasteiger partial charge in [-0.15, -0.1) is 12.4 Å². The molecule has 0 radical (unpaired) electrons. The molecule has 2 amide bonds. The van der Waals surface area contributed by atoms with Crippen molar-refractivity contribution in [1.82, 2.24) is 19.6 Å². The van der Waals surface area contributed by atoms with E-state index in [2.05, 4.69) is 10.00 Å². The molecule has 0 aliphatic carbocycles. The van der Waals surface area contributed by atoms with Crippen molar-refractivity contribution in [2.75, 3.05) is 26.2 Å². The highest BCUT2D eigenvalue weighted by Crippen LogP contribution is 2.27. The summed E-state index contributed by atoms with van der Waals surface area (Å²) in [7, 11) is 0. The number of nitrogens with zero attached hydrogens (tertiary/aromatic N) is 4. The van der Waals surface area contributed by atoms with Gasteiger partial charge in [-0.25, -0.2) is 4.39 Å². The number of likely N-dealkylation sites (tertiary alicyclic amines) is 1. The average molecular weight is 429 g/mol.